The Balaban J connectivity index is 2.24. The van der Waals surface area contributed by atoms with E-state index in [9.17, 15) is 9.50 Å². The smallest absolute Gasteiger partial charge is 0.165 e. The highest BCUT2D eigenvalue weighted by Gasteiger charge is 2.10. The molecule has 0 aliphatic carbocycles. The Morgan fingerprint density at radius 2 is 1.78 bits per heavy atom. The first-order chi connectivity index (χ1) is 8.72. The van der Waals surface area contributed by atoms with Gasteiger partial charge in [0.2, 0.25) is 0 Å². The molecular formula is C15H16FNO. The molecule has 0 saturated carbocycles. The van der Waals surface area contributed by atoms with E-state index in [2.05, 4.69) is 4.90 Å². The van der Waals surface area contributed by atoms with Crippen LogP contribution in [-0.2, 0) is 6.54 Å². The SMILES string of the molecule is CCN(Cc1cccc(F)c1O)c1ccccc1. The fourth-order valence-electron chi connectivity index (χ4n) is 1.92. The molecule has 2 nitrogen and oxygen atoms in total. The highest BCUT2D eigenvalue weighted by atomic mass is 19.1. The molecule has 2 aromatic rings. The molecule has 0 aliphatic heterocycles. The summed E-state index contributed by atoms with van der Waals surface area (Å²) in [6.07, 6.45) is 0. The lowest BCUT2D eigenvalue weighted by Crippen LogP contribution is -2.21. The molecule has 94 valence electrons. The van der Waals surface area contributed by atoms with Crippen molar-refractivity contribution >= 4 is 5.69 Å². The summed E-state index contributed by atoms with van der Waals surface area (Å²) in [6.45, 7) is 3.31. The van der Waals surface area contributed by atoms with Gasteiger partial charge in [-0.25, -0.2) is 4.39 Å². The van der Waals surface area contributed by atoms with E-state index in [1.807, 2.05) is 37.3 Å². The number of phenolic OH excluding ortho intramolecular Hbond substituents is 1. The molecule has 0 atom stereocenters. The van der Waals surface area contributed by atoms with Crippen molar-refractivity contribution < 1.29 is 9.50 Å². The van der Waals surface area contributed by atoms with E-state index in [0.29, 0.717) is 12.1 Å². The van der Waals surface area contributed by atoms with Crippen LogP contribution in [-0.4, -0.2) is 11.7 Å². The fourth-order valence-corrected chi connectivity index (χ4v) is 1.92. The fraction of sp³-hybridized carbons (Fsp3) is 0.200. The number of rotatable bonds is 4. The standard InChI is InChI=1S/C15H16FNO/c1-2-17(13-8-4-3-5-9-13)11-12-7-6-10-14(16)15(12)18/h3-10,18H,2,11H2,1H3. The maximum absolute atomic E-state index is 13.3. The molecule has 0 saturated heterocycles. The van der Waals surface area contributed by atoms with E-state index in [1.165, 1.54) is 6.07 Å². The third kappa shape index (κ3) is 2.62. The maximum Gasteiger partial charge on any atom is 0.165 e. The molecule has 0 radical (unpaired) electrons. The van der Waals surface area contributed by atoms with Gasteiger partial charge in [0, 0.05) is 24.3 Å². The van der Waals surface area contributed by atoms with E-state index in [1.54, 1.807) is 12.1 Å². The lowest BCUT2D eigenvalue weighted by atomic mass is 10.1. The Bertz CT molecular complexity index is 513. The summed E-state index contributed by atoms with van der Waals surface area (Å²) in [5, 5.41) is 9.69. The molecule has 0 unspecified atom stereocenters. The molecule has 0 amide bonds. The molecule has 0 bridgehead atoms. The van der Waals surface area contributed by atoms with Crippen molar-refractivity contribution in [2.45, 2.75) is 13.5 Å². The molecule has 0 heterocycles. The van der Waals surface area contributed by atoms with Gasteiger partial charge >= 0.3 is 0 Å². The Morgan fingerprint density at radius 3 is 2.44 bits per heavy atom. The minimum absolute atomic E-state index is 0.258. The van der Waals surface area contributed by atoms with Gasteiger partial charge in [-0.15, -0.1) is 0 Å². The van der Waals surface area contributed by atoms with Crippen LogP contribution in [0.4, 0.5) is 10.1 Å². The Morgan fingerprint density at radius 1 is 1.06 bits per heavy atom. The second-order valence-electron chi connectivity index (χ2n) is 4.10. The number of aromatic hydroxyl groups is 1. The van der Waals surface area contributed by atoms with Crippen LogP contribution >= 0.6 is 0 Å². The second kappa shape index (κ2) is 5.54. The van der Waals surface area contributed by atoms with Gasteiger partial charge in [0.1, 0.15) is 0 Å². The second-order valence-corrected chi connectivity index (χ2v) is 4.10. The van der Waals surface area contributed by atoms with E-state index in [-0.39, 0.29) is 5.75 Å². The molecule has 0 fully saturated rings. The number of halogens is 1. The summed E-state index contributed by atoms with van der Waals surface area (Å²) in [5.74, 6) is -0.830. The maximum atomic E-state index is 13.3. The lowest BCUT2D eigenvalue weighted by Gasteiger charge is -2.23. The van der Waals surface area contributed by atoms with Crippen LogP contribution in [0.2, 0.25) is 0 Å². The largest absolute Gasteiger partial charge is 0.505 e. The molecule has 0 spiro atoms. The van der Waals surface area contributed by atoms with Crippen molar-refractivity contribution in [2.75, 3.05) is 11.4 Å². The number of para-hydroxylation sites is 2. The van der Waals surface area contributed by atoms with Crippen LogP contribution in [0.5, 0.6) is 5.75 Å². The van der Waals surface area contributed by atoms with Crippen molar-refractivity contribution in [1.82, 2.24) is 0 Å². The Hall–Kier alpha value is -2.03. The molecular weight excluding hydrogens is 229 g/mol. The number of hydrogen-bond donors (Lipinski definition) is 1. The third-order valence-corrected chi connectivity index (χ3v) is 2.93. The Kier molecular flexibility index (Phi) is 3.82. The lowest BCUT2D eigenvalue weighted by molar-refractivity contribution is 0.425. The number of phenols is 1. The van der Waals surface area contributed by atoms with Crippen LogP contribution in [0.3, 0.4) is 0 Å². The van der Waals surface area contributed by atoms with Gasteiger partial charge in [-0.2, -0.15) is 0 Å². The van der Waals surface area contributed by atoms with Crippen molar-refractivity contribution in [2.24, 2.45) is 0 Å². The van der Waals surface area contributed by atoms with Gasteiger partial charge in [0.25, 0.3) is 0 Å². The predicted octanol–water partition coefficient (Wildman–Crippen LogP) is 3.56. The normalized spacial score (nSPS) is 10.3. The summed E-state index contributed by atoms with van der Waals surface area (Å²) >= 11 is 0. The predicted molar refractivity (Wildman–Crippen MR) is 71.2 cm³/mol. The number of nitrogens with zero attached hydrogens (tertiary/aromatic N) is 1. The van der Waals surface area contributed by atoms with Gasteiger partial charge < -0.3 is 10.0 Å². The molecule has 2 aromatic carbocycles. The first-order valence-electron chi connectivity index (χ1n) is 5.98. The van der Waals surface area contributed by atoms with Crippen molar-refractivity contribution in [3.05, 3.63) is 59.9 Å². The molecule has 0 aromatic heterocycles. The first kappa shape index (κ1) is 12.4. The van der Waals surface area contributed by atoms with E-state index >= 15 is 0 Å². The highest BCUT2D eigenvalue weighted by Crippen LogP contribution is 2.24. The summed E-state index contributed by atoms with van der Waals surface area (Å²) in [7, 11) is 0. The summed E-state index contributed by atoms with van der Waals surface area (Å²) in [6, 6.07) is 14.5. The minimum atomic E-state index is -0.573. The van der Waals surface area contributed by atoms with Crippen LogP contribution < -0.4 is 4.90 Å². The van der Waals surface area contributed by atoms with Crippen LogP contribution in [0, 0.1) is 5.82 Å². The zero-order valence-electron chi connectivity index (χ0n) is 10.3. The van der Waals surface area contributed by atoms with Crippen LogP contribution in [0.15, 0.2) is 48.5 Å². The van der Waals surface area contributed by atoms with E-state index in [4.69, 9.17) is 0 Å². The van der Waals surface area contributed by atoms with Crippen molar-refractivity contribution in [1.29, 1.82) is 0 Å². The zero-order valence-corrected chi connectivity index (χ0v) is 10.3. The summed E-state index contributed by atoms with van der Waals surface area (Å²) in [5.41, 5.74) is 1.66. The van der Waals surface area contributed by atoms with Gasteiger partial charge in [0.05, 0.1) is 0 Å². The van der Waals surface area contributed by atoms with Gasteiger partial charge in [-0.3, -0.25) is 0 Å². The minimum Gasteiger partial charge on any atom is -0.505 e. The van der Waals surface area contributed by atoms with Gasteiger partial charge in [0.15, 0.2) is 11.6 Å². The van der Waals surface area contributed by atoms with Gasteiger partial charge in [-0.05, 0) is 25.1 Å². The van der Waals surface area contributed by atoms with E-state index < -0.39 is 5.82 Å². The van der Waals surface area contributed by atoms with E-state index in [0.717, 1.165) is 12.2 Å². The number of hydrogen-bond acceptors (Lipinski definition) is 2. The van der Waals surface area contributed by atoms with Crippen molar-refractivity contribution in [3.63, 3.8) is 0 Å². The first-order valence-corrected chi connectivity index (χ1v) is 5.98. The highest BCUT2D eigenvalue weighted by molar-refractivity contribution is 5.48. The van der Waals surface area contributed by atoms with Crippen LogP contribution in [0.25, 0.3) is 0 Å². The average Bonchev–Trinajstić information content (AvgIpc) is 2.41. The number of benzene rings is 2. The number of anilines is 1. The quantitative estimate of drug-likeness (QED) is 0.890. The molecule has 18 heavy (non-hydrogen) atoms. The molecule has 0 aliphatic rings. The molecule has 1 N–H and O–H groups in total. The van der Waals surface area contributed by atoms with Crippen LogP contribution in [0.1, 0.15) is 12.5 Å². The average molecular weight is 245 g/mol. The topological polar surface area (TPSA) is 23.5 Å². The summed E-state index contributed by atoms with van der Waals surface area (Å²) in [4.78, 5) is 2.08. The van der Waals surface area contributed by atoms with Crippen molar-refractivity contribution in [3.8, 4) is 5.75 Å². The Labute approximate surface area is 106 Å². The zero-order chi connectivity index (χ0) is 13.0. The monoisotopic (exact) mass is 245 g/mol. The molecule has 2 rings (SSSR count). The molecule has 3 heteroatoms. The summed E-state index contributed by atoms with van der Waals surface area (Å²) < 4.78 is 13.3. The third-order valence-electron chi connectivity index (χ3n) is 2.93. The van der Waals surface area contributed by atoms with Gasteiger partial charge in [-0.1, -0.05) is 30.3 Å².